The van der Waals surface area contributed by atoms with Crippen LogP contribution in [0.1, 0.15) is 24.7 Å². The Bertz CT molecular complexity index is 1160. The lowest BCUT2D eigenvalue weighted by atomic mass is 9.79. The Morgan fingerprint density at radius 1 is 1.03 bits per heavy atom. The van der Waals surface area contributed by atoms with Crippen LogP contribution in [0.5, 0.6) is 0 Å². The number of amides is 1. The molecule has 2 aromatic carbocycles. The van der Waals surface area contributed by atoms with E-state index in [2.05, 4.69) is 10.0 Å². The first-order valence-electron chi connectivity index (χ1n) is 9.41. The number of anilines is 1. The van der Waals surface area contributed by atoms with Crippen LogP contribution in [-0.4, -0.2) is 25.4 Å². The zero-order chi connectivity index (χ0) is 22.5. The third kappa shape index (κ3) is 5.39. The molecule has 0 radical (unpaired) electrons. The van der Waals surface area contributed by atoms with Gasteiger partial charge in [0.25, 0.3) is 0 Å². The standard InChI is InChI=1S/C22H22N2O6S/c1-22(21(26)27,16-7-3-2-4-8-16)14-20(25)24-17-9-5-11-19(13-17)31(28,29)23-15-18-10-6-12-30-18/h2-13,23H,14-15H2,1H3,(H,24,25)(H,26,27)/t22-/m0/s1. The molecule has 0 bridgehead atoms. The smallest absolute Gasteiger partial charge is 0.314 e. The van der Waals surface area contributed by atoms with E-state index in [1.165, 1.54) is 37.5 Å². The molecule has 0 saturated heterocycles. The van der Waals surface area contributed by atoms with Crippen LogP contribution in [-0.2, 0) is 31.6 Å². The highest BCUT2D eigenvalue weighted by Gasteiger charge is 2.37. The first kappa shape index (κ1) is 22.3. The summed E-state index contributed by atoms with van der Waals surface area (Å²) in [6, 6.07) is 17.5. The number of carbonyl (C=O) groups is 2. The van der Waals surface area contributed by atoms with Gasteiger partial charge in [0.1, 0.15) is 5.76 Å². The Morgan fingerprint density at radius 2 is 1.77 bits per heavy atom. The average Bonchev–Trinajstić information content (AvgIpc) is 3.27. The quantitative estimate of drug-likeness (QED) is 0.467. The van der Waals surface area contributed by atoms with Crippen LogP contribution in [0.25, 0.3) is 0 Å². The molecule has 0 aliphatic carbocycles. The number of carboxylic acid groups (broad SMARTS) is 1. The molecule has 3 rings (SSSR count). The fourth-order valence-electron chi connectivity index (χ4n) is 3.04. The number of rotatable bonds is 9. The highest BCUT2D eigenvalue weighted by atomic mass is 32.2. The van der Waals surface area contributed by atoms with Crippen molar-refractivity contribution in [1.29, 1.82) is 0 Å². The average molecular weight is 442 g/mol. The predicted octanol–water partition coefficient (Wildman–Crippen LogP) is 3.13. The summed E-state index contributed by atoms with van der Waals surface area (Å²) in [4.78, 5) is 24.4. The van der Waals surface area contributed by atoms with Crippen LogP contribution >= 0.6 is 0 Å². The molecule has 0 aliphatic rings. The van der Waals surface area contributed by atoms with Gasteiger partial charge in [-0.15, -0.1) is 0 Å². The number of hydrogen-bond donors (Lipinski definition) is 3. The van der Waals surface area contributed by atoms with Crippen molar-refractivity contribution < 1.29 is 27.5 Å². The minimum atomic E-state index is -3.84. The van der Waals surface area contributed by atoms with E-state index in [9.17, 15) is 23.1 Å². The molecule has 1 aromatic heterocycles. The van der Waals surface area contributed by atoms with Gasteiger partial charge in [-0.3, -0.25) is 9.59 Å². The second-order valence-electron chi connectivity index (χ2n) is 7.16. The van der Waals surface area contributed by atoms with Crippen LogP contribution < -0.4 is 10.0 Å². The maximum absolute atomic E-state index is 12.6. The van der Waals surface area contributed by atoms with Gasteiger partial charge >= 0.3 is 5.97 Å². The number of nitrogens with one attached hydrogen (secondary N) is 2. The van der Waals surface area contributed by atoms with E-state index < -0.39 is 27.3 Å². The summed E-state index contributed by atoms with van der Waals surface area (Å²) < 4.78 is 32.6. The molecule has 162 valence electrons. The summed E-state index contributed by atoms with van der Waals surface area (Å²) in [6.45, 7) is 1.46. The van der Waals surface area contributed by atoms with Crippen molar-refractivity contribution in [3.63, 3.8) is 0 Å². The second-order valence-corrected chi connectivity index (χ2v) is 8.93. The van der Waals surface area contributed by atoms with Crippen molar-refractivity contribution >= 4 is 27.6 Å². The molecule has 3 N–H and O–H groups in total. The van der Waals surface area contributed by atoms with Gasteiger partial charge < -0.3 is 14.8 Å². The molecule has 8 nitrogen and oxygen atoms in total. The monoisotopic (exact) mass is 442 g/mol. The van der Waals surface area contributed by atoms with E-state index in [0.29, 0.717) is 11.3 Å². The molecule has 3 aromatic rings. The molecule has 1 amide bonds. The maximum atomic E-state index is 12.6. The zero-order valence-corrected chi connectivity index (χ0v) is 17.6. The summed E-state index contributed by atoms with van der Waals surface area (Å²) in [5.41, 5.74) is -0.692. The SMILES string of the molecule is C[C@@](CC(=O)Nc1cccc(S(=O)(=O)NCc2ccco2)c1)(C(=O)O)c1ccccc1. The van der Waals surface area contributed by atoms with Gasteiger partial charge in [0.2, 0.25) is 15.9 Å². The molecule has 1 atom stereocenters. The molecule has 0 fully saturated rings. The molecule has 1 heterocycles. The summed E-state index contributed by atoms with van der Waals surface area (Å²) in [5, 5.41) is 12.3. The van der Waals surface area contributed by atoms with Crippen LogP contribution in [0, 0.1) is 0 Å². The lowest BCUT2D eigenvalue weighted by molar-refractivity contribution is -0.145. The van der Waals surface area contributed by atoms with Gasteiger partial charge in [-0.25, -0.2) is 13.1 Å². The third-order valence-electron chi connectivity index (χ3n) is 4.84. The zero-order valence-electron chi connectivity index (χ0n) is 16.7. The summed E-state index contributed by atoms with van der Waals surface area (Å²) >= 11 is 0. The Morgan fingerprint density at radius 3 is 2.42 bits per heavy atom. The van der Waals surface area contributed by atoms with Crippen LogP contribution in [0.15, 0.2) is 82.3 Å². The van der Waals surface area contributed by atoms with Crippen molar-refractivity contribution in [1.82, 2.24) is 4.72 Å². The van der Waals surface area contributed by atoms with Crippen LogP contribution in [0.4, 0.5) is 5.69 Å². The van der Waals surface area contributed by atoms with E-state index in [1.807, 2.05) is 0 Å². The number of carbonyl (C=O) groups excluding carboxylic acids is 1. The number of carboxylic acids is 1. The highest BCUT2D eigenvalue weighted by molar-refractivity contribution is 7.89. The van der Waals surface area contributed by atoms with Crippen molar-refractivity contribution in [3.8, 4) is 0 Å². The highest BCUT2D eigenvalue weighted by Crippen LogP contribution is 2.29. The van der Waals surface area contributed by atoms with Gasteiger partial charge in [-0.2, -0.15) is 0 Å². The van der Waals surface area contributed by atoms with Crippen LogP contribution in [0.2, 0.25) is 0 Å². The number of sulfonamides is 1. The molecule has 9 heteroatoms. The Kier molecular flexibility index (Phi) is 6.57. The van der Waals surface area contributed by atoms with Crippen molar-refractivity contribution in [2.45, 2.75) is 30.2 Å². The van der Waals surface area contributed by atoms with Gasteiger partial charge in [-0.1, -0.05) is 36.4 Å². The Labute approximate surface area is 180 Å². The molecule has 0 unspecified atom stereocenters. The molecule has 0 aliphatic heterocycles. The number of benzene rings is 2. The minimum absolute atomic E-state index is 0.0139. The summed E-state index contributed by atoms with van der Waals surface area (Å²) in [6.07, 6.45) is 1.13. The van der Waals surface area contributed by atoms with Gasteiger partial charge in [-0.05, 0) is 42.8 Å². The minimum Gasteiger partial charge on any atom is -0.481 e. The van der Waals surface area contributed by atoms with E-state index in [4.69, 9.17) is 4.42 Å². The van der Waals surface area contributed by atoms with Gasteiger partial charge in [0.05, 0.1) is 23.1 Å². The summed E-state index contributed by atoms with van der Waals surface area (Å²) in [7, 11) is -3.84. The maximum Gasteiger partial charge on any atom is 0.314 e. The summed E-state index contributed by atoms with van der Waals surface area (Å²) in [5.74, 6) is -1.22. The van der Waals surface area contributed by atoms with E-state index in [-0.39, 0.29) is 23.5 Å². The first-order valence-corrected chi connectivity index (χ1v) is 10.9. The molecular weight excluding hydrogens is 420 g/mol. The van der Waals surface area contributed by atoms with E-state index in [0.717, 1.165) is 0 Å². The Balaban J connectivity index is 1.72. The molecule has 0 saturated carbocycles. The van der Waals surface area contributed by atoms with Gasteiger partial charge in [0.15, 0.2) is 0 Å². The molecule has 31 heavy (non-hydrogen) atoms. The van der Waals surface area contributed by atoms with Crippen LogP contribution in [0.3, 0.4) is 0 Å². The third-order valence-corrected chi connectivity index (χ3v) is 6.24. The normalized spacial score (nSPS) is 13.3. The van der Waals surface area contributed by atoms with Crippen molar-refractivity contribution in [3.05, 3.63) is 84.3 Å². The molecular formula is C22H22N2O6S. The number of furan rings is 1. The lowest BCUT2D eigenvalue weighted by Crippen LogP contribution is -2.36. The molecule has 0 spiro atoms. The largest absolute Gasteiger partial charge is 0.481 e. The lowest BCUT2D eigenvalue weighted by Gasteiger charge is -2.24. The first-order chi connectivity index (χ1) is 14.7. The predicted molar refractivity (Wildman–Crippen MR) is 114 cm³/mol. The topological polar surface area (TPSA) is 126 Å². The van der Waals surface area contributed by atoms with E-state index >= 15 is 0 Å². The Hall–Kier alpha value is -3.43. The second kappa shape index (κ2) is 9.15. The van der Waals surface area contributed by atoms with E-state index in [1.54, 1.807) is 42.5 Å². The fraction of sp³-hybridized carbons (Fsp3) is 0.182. The van der Waals surface area contributed by atoms with Gasteiger partial charge in [0, 0.05) is 12.1 Å². The number of aliphatic carboxylic acids is 1. The van der Waals surface area contributed by atoms with Crippen molar-refractivity contribution in [2.75, 3.05) is 5.32 Å². The number of hydrogen-bond acceptors (Lipinski definition) is 5. The fourth-order valence-corrected chi connectivity index (χ4v) is 4.08. The van der Waals surface area contributed by atoms with Crippen molar-refractivity contribution in [2.24, 2.45) is 0 Å².